The van der Waals surface area contributed by atoms with Gasteiger partial charge in [0.05, 0.1) is 0 Å². The van der Waals surface area contributed by atoms with Crippen LogP contribution < -0.4 is 10.2 Å². The summed E-state index contributed by atoms with van der Waals surface area (Å²) in [6.45, 7) is 13.7. The van der Waals surface area contributed by atoms with E-state index in [1.807, 2.05) is 0 Å². The van der Waals surface area contributed by atoms with Gasteiger partial charge in [0, 0.05) is 30.9 Å². The maximum Gasteiger partial charge on any atom is 0.0387 e. The summed E-state index contributed by atoms with van der Waals surface area (Å²) in [5.74, 6) is 0. The largest absolute Gasteiger partial charge is 0.366 e. The van der Waals surface area contributed by atoms with Gasteiger partial charge >= 0.3 is 0 Å². The van der Waals surface area contributed by atoms with Crippen LogP contribution in [0.2, 0.25) is 0 Å². The van der Waals surface area contributed by atoms with Crippen molar-refractivity contribution in [2.45, 2.75) is 66.0 Å². The van der Waals surface area contributed by atoms with Crippen molar-refractivity contribution in [2.24, 2.45) is 5.41 Å². The van der Waals surface area contributed by atoms with E-state index in [1.54, 1.807) is 0 Å². The Morgan fingerprint density at radius 2 is 1.86 bits per heavy atom. The van der Waals surface area contributed by atoms with E-state index in [-0.39, 0.29) is 0 Å². The summed E-state index contributed by atoms with van der Waals surface area (Å²) in [6.07, 6.45) is 3.76. The third-order valence-corrected chi connectivity index (χ3v) is 4.70. The van der Waals surface area contributed by atoms with Crippen molar-refractivity contribution in [3.63, 3.8) is 0 Å². The molecule has 1 fully saturated rings. The van der Waals surface area contributed by atoms with Crippen LogP contribution in [-0.2, 0) is 6.42 Å². The van der Waals surface area contributed by atoms with Gasteiger partial charge < -0.3 is 10.2 Å². The first-order valence-corrected chi connectivity index (χ1v) is 8.50. The molecular weight excluding hydrogens is 256 g/mol. The molecule has 1 aliphatic rings. The molecule has 0 amide bonds. The zero-order valence-corrected chi connectivity index (χ0v) is 14.4. The normalized spacial score (nSPS) is 23.4. The summed E-state index contributed by atoms with van der Waals surface area (Å²) in [5.41, 5.74) is 3.15. The Morgan fingerprint density at radius 1 is 1.19 bits per heavy atom. The summed E-state index contributed by atoms with van der Waals surface area (Å²) in [5, 5.41) is 3.71. The predicted molar refractivity (Wildman–Crippen MR) is 93.1 cm³/mol. The van der Waals surface area contributed by atoms with E-state index < -0.39 is 0 Å². The lowest BCUT2D eigenvalue weighted by atomic mass is 9.84. The van der Waals surface area contributed by atoms with Crippen LogP contribution in [-0.4, -0.2) is 25.2 Å². The third kappa shape index (κ3) is 4.23. The minimum absolute atomic E-state index is 0.305. The first kappa shape index (κ1) is 16.4. The van der Waals surface area contributed by atoms with Gasteiger partial charge in [-0.1, -0.05) is 46.2 Å². The third-order valence-electron chi connectivity index (χ3n) is 4.70. The van der Waals surface area contributed by atoms with Crippen LogP contribution in [0.5, 0.6) is 0 Å². The van der Waals surface area contributed by atoms with E-state index in [0.29, 0.717) is 17.5 Å². The summed E-state index contributed by atoms with van der Waals surface area (Å²) in [6, 6.07) is 10.4. The number of aryl methyl sites for hydroxylation is 1. The molecule has 0 aromatic heterocycles. The van der Waals surface area contributed by atoms with Crippen LogP contribution in [0.15, 0.2) is 24.3 Å². The van der Waals surface area contributed by atoms with Gasteiger partial charge in [-0.15, -0.1) is 0 Å². The van der Waals surface area contributed by atoms with E-state index in [9.17, 15) is 0 Å². The lowest BCUT2D eigenvalue weighted by molar-refractivity contribution is 0.239. The number of benzene rings is 1. The molecule has 1 heterocycles. The van der Waals surface area contributed by atoms with Crippen LogP contribution in [0.1, 0.15) is 53.0 Å². The Kier molecular flexibility index (Phi) is 5.32. The van der Waals surface area contributed by atoms with Crippen LogP contribution in [0.25, 0.3) is 0 Å². The first-order valence-electron chi connectivity index (χ1n) is 8.50. The van der Waals surface area contributed by atoms with E-state index in [1.165, 1.54) is 30.5 Å². The molecule has 0 aliphatic carbocycles. The molecule has 2 nitrogen and oxygen atoms in total. The monoisotopic (exact) mass is 288 g/mol. The Morgan fingerprint density at radius 3 is 2.43 bits per heavy atom. The molecular formula is C19H32N2. The summed E-state index contributed by atoms with van der Waals surface area (Å²) in [4.78, 5) is 2.57. The zero-order valence-electron chi connectivity index (χ0n) is 14.4. The van der Waals surface area contributed by atoms with Gasteiger partial charge in [0.25, 0.3) is 0 Å². The van der Waals surface area contributed by atoms with E-state index in [2.05, 4.69) is 69.1 Å². The van der Waals surface area contributed by atoms with Gasteiger partial charge in [-0.25, -0.2) is 0 Å². The highest BCUT2D eigenvalue weighted by Gasteiger charge is 2.32. The number of piperazine rings is 1. The minimum Gasteiger partial charge on any atom is -0.366 e. The quantitative estimate of drug-likeness (QED) is 0.891. The van der Waals surface area contributed by atoms with Crippen molar-refractivity contribution in [1.82, 2.24) is 5.32 Å². The first-order chi connectivity index (χ1) is 9.91. The van der Waals surface area contributed by atoms with Crippen molar-refractivity contribution in [3.05, 3.63) is 29.8 Å². The second-order valence-electron chi connectivity index (χ2n) is 7.60. The number of hydrogen-bond acceptors (Lipinski definition) is 2. The fraction of sp³-hybridized carbons (Fsp3) is 0.684. The van der Waals surface area contributed by atoms with Gasteiger partial charge in [-0.05, 0) is 42.9 Å². The molecule has 0 radical (unpaired) electrons. The van der Waals surface area contributed by atoms with Crippen LogP contribution in [0, 0.1) is 5.41 Å². The van der Waals surface area contributed by atoms with Crippen LogP contribution in [0.3, 0.4) is 0 Å². The van der Waals surface area contributed by atoms with Crippen molar-refractivity contribution < 1.29 is 0 Å². The molecule has 2 atom stereocenters. The number of nitrogens with zero attached hydrogens (tertiary/aromatic N) is 1. The molecule has 1 saturated heterocycles. The minimum atomic E-state index is 0.305. The van der Waals surface area contributed by atoms with Crippen molar-refractivity contribution >= 4 is 5.69 Å². The molecule has 1 N–H and O–H groups in total. The van der Waals surface area contributed by atoms with Crippen LogP contribution in [0.4, 0.5) is 5.69 Å². The van der Waals surface area contributed by atoms with E-state index >= 15 is 0 Å². The molecule has 0 bridgehead atoms. The standard InChI is InChI=1S/C19H32N2/c1-6-7-8-16-9-11-17(12-10-16)21-14-18(19(3,4)5)20-13-15(21)2/h9-12,15,18,20H,6-8,13-14H2,1-5H3. The average Bonchev–Trinajstić information content (AvgIpc) is 2.45. The number of hydrogen-bond donors (Lipinski definition) is 1. The number of rotatable bonds is 4. The van der Waals surface area contributed by atoms with Crippen molar-refractivity contribution in [3.8, 4) is 0 Å². The second-order valence-corrected chi connectivity index (χ2v) is 7.60. The number of anilines is 1. The highest BCUT2D eigenvalue weighted by atomic mass is 15.2. The maximum absolute atomic E-state index is 3.71. The smallest absolute Gasteiger partial charge is 0.0387 e. The van der Waals surface area contributed by atoms with Gasteiger partial charge in [0.15, 0.2) is 0 Å². The lowest BCUT2D eigenvalue weighted by Crippen LogP contribution is -2.59. The molecule has 0 saturated carbocycles. The highest BCUT2D eigenvalue weighted by Crippen LogP contribution is 2.27. The fourth-order valence-electron chi connectivity index (χ4n) is 3.04. The Hall–Kier alpha value is -1.02. The Bertz CT molecular complexity index is 430. The molecule has 1 aromatic rings. The Labute approximate surface area is 130 Å². The summed E-state index contributed by atoms with van der Waals surface area (Å²) in [7, 11) is 0. The molecule has 2 heteroatoms. The molecule has 0 spiro atoms. The SMILES string of the molecule is CCCCc1ccc(N2CC(C(C)(C)C)NCC2C)cc1. The summed E-state index contributed by atoms with van der Waals surface area (Å²) >= 11 is 0. The second kappa shape index (κ2) is 6.83. The zero-order chi connectivity index (χ0) is 15.5. The van der Waals surface area contributed by atoms with Gasteiger partial charge in [0.1, 0.15) is 0 Å². The summed E-state index contributed by atoms with van der Waals surface area (Å²) < 4.78 is 0. The van der Waals surface area contributed by atoms with Gasteiger partial charge in [-0.3, -0.25) is 0 Å². The molecule has 1 aromatic carbocycles. The molecule has 1 aliphatic heterocycles. The maximum atomic E-state index is 3.71. The Balaban J connectivity index is 2.08. The topological polar surface area (TPSA) is 15.3 Å². The lowest BCUT2D eigenvalue weighted by Gasteiger charge is -2.45. The average molecular weight is 288 g/mol. The van der Waals surface area contributed by atoms with Gasteiger partial charge in [-0.2, -0.15) is 0 Å². The number of unbranched alkanes of at least 4 members (excludes halogenated alkanes) is 1. The van der Waals surface area contributed by atoms with E-state index in [4.69, 9.17) is 0 Å². The number of nitrogens with one attached hydrogen (secondary N) is 1. The molecule has 2 rings (SSSR count). The molecule has 2 unspecified atom stereocenters. The fourth-order valence-corrected chi connectivity index (χ4v) is 3.04. The highest BCUT2D eigenvalue weighted by molar-refractivity contribution is 5.49. The molecule has 21 heavy (non-hydrogen) atoms. The molecule has 118 valence electrons. The van der Waals surface area contributed by atoms with Crippen LogP contribution >= 0.6 is 0 Å². The van der Waals surface area contributed by atoms with Crippen molar-refractivity contribution in [2.75, 3.05) is 18.0 Å². The van der Waals surface area contributed by atoms with Gasteiger partial charge in [0.2, 0.25) is 0 Å². The van der Waals surface area contributed by atoms with E-state index in [0.717, 1.165) is 13.1 Å². The predicted octanol–water partition coefficient (Wildman–Crippen LogP) is 4.24. The van der Waals surface area contributed by atoms with Crippen molar-refractivity contribution in [1.29, 1.82) is 0 Å².